The van der Waals surface area contributed by atoms with E-state index in [1.807, 2.05) is 0 Å². The second kappa shape index (κ2) is 3.01. The molecule has 0 aromatic rings. The highest BCUT2D eigenvalue weighted by molar-refractivity contribution is 6.11. The van der Waals surface area contributed by atoms with Crippen LogP contribution in [-0.2, 0) is 4.74 Å². The maximum atomic E-state index is 13.2. The van der Waals surface area contributed by atoms with Crippen molar-refractivity contribution in [3.8, 4) is 6.07 Å². The summed E-state index contributed by atoms with van der Waals surface area (Å²) < 4.78 is 17.9. The van der Waals surface area contributed by atoms with Crippen LogP contribution in [0.3, 0.4) is 0 Å². The lowest BCUT2D eigenvalue weighted by atomic mass is 9.85. The summed E-state index contributed by atoms with van der Waals surface area (Å²) in [7, 11) is 1.48. The van der Waals surface area contributed by atoms with Crippen molar-refractivity contribution in [2.24, 2.45) is 5.92 Å². The van der Waals surface area contributed by atoms with Crippen molar-refractivity contribution in [2.45, 2.75) is 18.0 Å². The van der Waals surface area contributed by atoms with Gasteiger partial charge in [-0.25, -0.2) is 4.39 Å². The van der Waals surface area contributed by atoms with Gasteiger partial charge in [0, 0.05) is 6.00 Å². The summed E-state index contributed by atoms with van der Waals surface area (Å²) in [5.74, 6) is -3.39. The van der Waals surface area contributed by atoms with E-state index in [2.05, 4.69) is 4.74 Å². The summed E-state index contributed by atoms with van der Waals surface area (Å²) in [5.41, 5.74) is 0. The van der Waals surface area contributed by atoms with Crippen LogP contribution >= 0.6 is 0 Å². The molecule has 6 heteroatoms. The maximum absolute atomic E-state index is 13.2. The van der Waals surface area contributed by atoms with Crippen molar-refractivity contribution >= 4 is 7.85 Å². The Kier molecular flexibility index (Phi) is 2.37. The van der Waals surface area contributed by atoms with Crippen LogP contribution in [-0.4, -0.2) is 42.6 Å². The molecule has 0 aromatic carbocycles. The molecule has 4 nitrogen and oxygen atoms in total. The van der Waals surface area contributed by atoms with Gasteiger partial charge in [-0.05, 0) is 0 Å². The van der Waals surface area contributed by atoms with Crippen LogP contribution in [0.5, 0.6) is 0 Å². The fourth-order valence-electron chi connectivity index (χ4n) is 1.28. The molecule has 1 saturated heterocycles. The summed E-state index contributed by atoms with van der Waals surface area (Å²) in [6.07, 6.45) is -1.57. The standard InChI is InChI=1S/C6H9BFNO3/c7-5-3(1-9)4(11)6(8,2-10)12-5/h3-5,10-11H,2,7H2/t3-,4+,5-,6-/m1/s1. The molecule has 0 bridgehead atoms. The second-order valence-corrected chi connectivity index (χ2v) is 2.87. The number of halogens is 1. The molecule has 2 N–H and O–H groups in total. The van der Waals surface area contributed by atoms with Crippen LogP contribution in [0.4, 0.5) is 4.39 Å². The molecule has 12 heavy (non-hydrogen) atoms. The second-order valence-electron chi connectivity index (χ2n) is 2.87. The van der Waals surface area contributed by atoms with E-state index < -0.39 is 30.5 Å². The topological polar surface area (TPSA) is 73.5 Å². The summed E-state index contributed by atoms with van der Waals surface area (Å²) in [6, 6.07) is 1.03. The summed E-state index contributed by atoms with van der Waals surface area (Å²) in [4.78, 5) is 0. The lowest BCUT2D eigenvalue weighted by molar-refractivity contribution is -0.185. The van der Waals surface area contributed by atoms with Crippen LogP contribution in [0.1, 0.15) is 0 Å². The molecule has 0 amide bonds. The Labute approximate surface area is 70.0 Å². The zero-order chi connectivity index (χ0) is 9.35. The highest BCUT2D eigenvalue weighted by Crippen LogP contribution is 2.34. The minimum atomic E-state index is -2.47. The molecule has 1 rings (SSSR count). The van der Waals surface area contributed by atoms with Crippen molar-refractivity contribution in [2.75, 3.05) is 6.61 Å². The van der Waals surface area contributed by atoms with E-state index >= 15 is 0 Å². The number of nitrogens with zero attached hydrogens (tertiary/aromatic N) is 1. The van der Waals surface area contributed by atoms with Gasteiger partial charge in [-0.15, -0.1) is 0 Å². The zero-order valence-corrected chi connectivity index (χ0v) is 6.57. The molecule has 1 aliphatic heterocycles. The van der Waals surface area contributed by atoms with Gasteiger partial charge in [0.2, 0.25) is 0 Å². The average molecular weight is 173 g/mol. The third kappa shape index (κ3) is 1.20. The van der Waals surface area contributed by atoms with E-state index in [-0.39, 0.29) is 0 Å². The molecule has 0 radical (unpaired) electrons. The first-order valence-corrected chi connectivity index (χ1v) is 3.60. The van der Waals surface area contributed by atoms with Crippen molar-refractivity contribution in [3.05, 3.63) is 0 Å². The Hall–Kier alpha value is -0.635. The van der Waals surface area contributed by atoms with Gasteiger partial charge in [-0.1, -0.05) is 0 Å². The normalized spacial score (nSPS) is 47.3. The molecule has 4 atom stereocenters. The highest BCUT2D eigenvalue weighted by Gasteiger charge is 2.53. The highest BCUT2D eigenvalue weighted by atomic mass is 19.2. The van der Waals surface area contributed by atoms with E-state index in [4.69, 9.17) is 10.4 Å². The summed E-state index contributed by atoms with van der Waals surface area (Å²) in [5, 5.41) is 26.2. The third-order valence-electron chi connectivity index (χ3n) is 2.03. The van der Waals surface area contributed by atoms with Gasteiger partial charge in [0.05, 0.1) is 12.0 Å². The minimum Gasteiger partial charge on any atom is -0.390 e. The molecule has 1 fully saturated rings. The number of aliphatic hydroxyl groups is 2. The van der Waals surface area contributed by atoms with Gasteiger partial charge in [0.25, 0.3) is 5.85 Å². The number of nitriles is 1. The predicted octanol–water partition coefficient (Wildman–Crippen LogP) is -1.87. The molecule has 1 heterocycles. The first-order chi connectivity index (χ1) is 5.55. The fraction of sp³-hybridized carbons (Fsp3) is 0.833. The fourth-order valence-corrected chi connectivity index (χ4v) is 1.28. The Morgan fingerprint density at radius 2 is 2.33 bits per heavy atom. The summed E-state index contributed by atoms with van der Waals surface area (Å²) >= 11 is 0. The zero-order valence-electron chi connectivity index (χ0n) is 6.57. The van der Waals surface area contributed by atoms with E-state index in [1.54, 1.807) is 6.07 Å². The molecular weight excluding hydrogens is 164 g/mol. The molecule has 66 valence electrons. The molecule has 1 aliphatic rings. The SMILES string of the molecule is B[C@@H]1O[C@](F)(CO)[C@@H](O)[C@H]1C#N. The van der Waals surface area contributed by atoms with Crippen LogP contribution in [0.25, 0.3) is 0 Å². The lowest BCUT2D eigenvalue weighted by Crippen LogP contribution is -2.40. The largest absolute Gasteiger partial charge is 0.390 e. The Bertz CT molecular complexity index is 221. The minimum absolute atomic E-state index is 0.692. The molecule has 0 saturated carbocycles. The Morgan fingerprint density at radius 1 is 1.75 bits per heavy atom. The quantitative estimate of drug-likeness (QED) is 0.455. The smallest absolute Gasteiger partial charge is 0.259 e. The van der Waals surface area contributed by atoms with Gasteiger partial charge in [-0.2, -0.15) is 5.26 Å². The molecule has 0 spiro atoms. The first kappa shape index (κ1) is 9.45. The molecule has 0 aliphatic carbocycles. The van der Waals surface area contributed by atoms with Gasteiger partial charge in [0.15, 0.2) is 0 Å². The molecule has 0 unspecified atom stereocenters. The first-order valence-electron chi connectivity index (χ1n) is 3.60. The molecular formula is C6H9BFNO3. The molecule has 0 aromatic heterocycles. The van der Waals surface area contributed by atoms with Gasteiger partial charge < -0.3 is 14.9 Å². The van der Waals surface area contributed by atoms with Gasteiger partial charge >= 0.3 is 0 Å². The number of hydrogen-bond acceptors (Lipinski definition) is 4. The number of hydrogen-bond donors (Lipinski definition) is 2. The number of aliphatic hydroxyl groups excluding tert-OH is 2. The van der Waals surface area contributed by atoms with Gasteiger partial charge in [-0.3, -0.25) is 0 Å². The third-order valence-corrected chi connectivity index (χ3v) is 2.03. The average Bonchev–Trinajstić information content (AvgIpc) is 2.25. The Balaban J connectivity index is 2.83. The number of alkyl halides is 1. The van der Waals surface area contributed by atoms with E-state index in [9.17, 15) is 9.50 Å². The maximum Gasteiger partial charge on any atom is 0.259 e. The van der Waals surface area contributed by atoms with Crippen molar-refractivity contribution in [1.29, 1.82) is 5.26 Å². The van der Waals surface area contributed by atoms with Crippen LogP contribution in [0, 0.1) is 17.2 Å². The van der Waals surface area contributed by atoms with Crippen LogP contribution < -0.4 is 0 Å². The van der Waals surface area contributed by atoms with E-state index in [0.717, 1.165) is 0 Å². The summed E-state index contributed by atoms with van der Waals surface area (Å²) in [6.45, 7) is -0.934. The van der Waals surface area contributed by atoms with Crippen molar-refractivity contribution < 1.29 is 19.3 Å². The predicted molar refractivity (Wildman–Crippen MR) is 39.5 cm³/mol. The number of ether oxygens (including phenoxy) is 1. The van der Waals surface area contributed by atoms with E-state index in [1.165, 1.54) is 7.85 Å². The van der Waals surface area contributed by atoms with E-state index in [0.29, 0.717) is 0 Å². The monoisotopic (exact) mass is 173 g/mol. The van der Waals surface area contributed by atoms with Crippen LogP contribution in [0.15, 0.2) is 0 Å². The lowest BCUT2D eigenvalue weighted by Gasteiger charge is -2.19. The van der Waals surface area contributed by atoms with Crippen molar-refractivity contribution in [1.82, 2.24) is 0 Å². The number of rotatable bonds is 1. The van der Waals surface area contributed by atoms with Gasteiger partial charge in [0.1, 0.15) is 20.6 Å². The van der Waals surface area contributed by atoms with Crippen LogP contribution in [0.2, 0.25) is 0 Å². The van der Waals surface area contributed by atoms with Crippen molar-refractivity contribution in [3.63, 3.8) is 0 Å². The Morgan fingerprint density at radius 3 is 2.58 bits per heavy atom.